The van der Waals surface area contributed by atoms with Gasteiger partial charge in [0.25, 0.3) is 0 Å². The van der Waals surface area contributed by atoms with E-state index in [1.165, 1.54) is 30.1 Å². The van der Waals surface area contributed by atoms with Crippen LogP contribution in [0.3, 0.4) is 0 Å². The van der Waals surface area contributed by atoms with Gasteiger partial charge >= 0.3 is 5.97 Å². The standard InChI is InChI=1S/C14H11ClN2O3S/c15-10-3-1-2-4-12(10)21-8-13(18)17-9-5-6-11(14(19)20)16-7-9/h1-7H,8H2,(H,17,18)(H,19,20). The Bertz CT molecular complexity index is 662. The van der Waals surface area contributed by atoms with Crippen molar-refractivity contribution >= 4 is 40.9 Å². The summed E-state index contributed by atoms with van der Waals surface area (Å²) in [5, 5.41) is 12.0. The summed E-state index contributed by atoms with van der Waals surface area (Å²) in [6.07, 6.45) is 1.31. The molecule has 1 amide bonds. The van der Waals surface area contributed by atoms with Crippen LogP contribution in [0.5, 0.6) is 0 Å². The molecule has 0 saturated carbocycles. The van der Waals surface area contributed by atoms with Crippen LogP contribution in [0.2, 0.25) is 5.02 Å². The van der Waals surface area contributed by atoms with Gasteiger partial charge in [0.1, 0.15) is 5.69 Å². The number of halogens is 1. The Balaban J connectivity index is 1.90. The van der Waals surface area contributed by atoms with Crippen molar-refractivity contribution in [3.63, 3.8) is 0 Å². The molecule has 2 rings (SSSR count). The molecular formula is C14H11ClN2O3S. The van der Waals surface area contributed by atoms with Crippen LogP contribution in [0, 0.1) is 0 Å². The number of aromatic nitrogens is 1. The van der Waals surface area contributed by atoms with Crippen molar-refractivity contribution in [3.05, 3.63) is 53.3 Å². The van der Waals surface area contributed by atoms with Gasteiger partial charge in [0.05, 0.1) is 22.7 Å². The van der Waals surface area contributed by atoms with Gasteiger partial charge in [0.2, 0.25) is 5.91 Å². The summed E-state index contributed by atoms with van der Waals surface area (Å²) in [7, 11) is 0. The van der Waals surface area contributed by atoms with Crippen LogP contribution >= 0.6 is 23.4 Å². The molecular weight excluding hydrogens is 312 g/mol. The molecule has 0 bridgehead atoms. The van der Waals surface area contributed by atoms with Gasteiger partial charge in [-0.05, 0) is 24.3 Å². The molecule has 0 fully saturated rings. The first-order valence-electron chi connectivity index (χ1n) is 5.93. The van der Waals surface area contributed by atoms with Crippen LogP contribution in [0.25, 0.3) is 0 Å². The number of thioether (sulfide) groups is 1. The van der Waals surface area contributed by atoms with Gasteiger partial charge in [-0.15, -0.1) is 11.8 Å². The van der Waals surface area contributed by atoms with Gasteiger partial charge in [-0.25, -0.2) is 9.78 Å². The third kappa shape index (κ3) is 4.47. The molecule has 2 N–H and O–H groups in total. The lowest BCUT2D eigenvalue weighted by molar-refractivity contribution is -0.113. The van der Waals surface area contributed by atoms with Crippen LogP contribution in [-0.2, 0) is 4.79 Å². The van der Waals surface area contributed by atoms with E-state index in [1.54, 1.807) is 6.07 Å². The number of anilines is 1. The maximum absolute atomic E-state index is 11.8. The van der Waals surface area contributed by atoms with E-state index in [-0.39, 0.29) is 17.4 Å². The van der Waals surface area contributed by atoms with E-state index in [0.717, 1.165) is 4.90 Å². The highest BCUT2D eigenvalue weighted by Crippen LogP contribution is 2.26. The molecule has 1 aromatic carbocycles. The number of hydrogen-bond acceptors (Lipinski definition) is 4. The molecule has 5 nitrogen and oxygen atoms in total. The number of amides is 1. The highest BCUT2D eigenvalue weighted by Gasteiger charge is 2.08. The summed E-state index contributed by atoms with van der Waals surface area (Å²) >= 11 is 7.32. The minimum absolute atomic E-state index is 0.0709. The zero-order valence-corrected chi connectivity index (χ0v) is 12.3. The van der Waals surface area contributed by atoms with Crippen molar-refractivity contribution in [2.24, 2.45) is 0 Å². The van der Waals surface area contributed by atoms with Crippen molar-refractivity contribution in [2.45, 2.75) is 4.90 Å². The van der Waals surface area contributed by atoms with Crippen molar-refractivity contribution < 1.29 is 14.7 Å². The second-order valence-corrected chi connectivity index (χ2v) is 5.43. The van der Waals surface area contributed by atoms with Crippen LogP contribution in [0.1, 0.15) is 10.5 Å². The second-order valence-electron chi connectivity index (χ2n) is 4.00. The van der Waals surface area contributed by atoms with Crippen molar-refractivity contribution in [3.8, 4) is 0 Å². The predicted octanol–water partition coefficient (Wildman–Crippen LogP) is 3.16. The van der Waals surface area contributed by atoms with Crippen LogP contribution in [-0.4, -0.2) is 27.7 Å². The van der Waals surface area contributed by atoms with E-state index < -0.39 is 5.97 Å². The first kappa shape index (κ1) is 15.3. The lowest BCUT2D eigenvalue weighted by atomic mass is 10.3. The Labute approximate surface area is 130 Å². The number of benzene rings is 1. The number of nitrogens with zero attached hydrogens (tertiary/aromatic N) is 1. The van der Waals surface area contributed by atoms with Gasteiger partial charge in [-0.3, -0.25) is 4.79 Å². The van der Waals surface area contributed by atoms with Gasteiger partial charge in [0, 0.05) is 4.90 Å². The van der Waals surface area contributed by atoms with E-state index >= 15 is 0 Å². The summed E-state index contributed by atoms with van der Waals surface area (Å²) in [4.78, 5) is 27.0. The Morgan fingerprint density at radius 2 is 2.00 bits per heavy atom. The molecule has 1 heterocycles. The lowest BCUT2D eigenvalue weighted by Gasteiger charge is -2.06. The van der Waals surface area contributed by atoms with Gasteiger partial charge in [0.15, 0.2) is 0 Å². The highest BCUT2D eigenvalue weighted by atomic mass is 35.5. The SMILES string of the molecule is O=C(CSc1ccccc1Cl)Nc1ccc(C(=O)O)nc1. The minimum atomic E-state index is -1.11. The fraction of sp³-hybridized carbons (Fsp3) is 0.0714. The van der Waals surface area contributed by atoms with E-state index in [1.807, 2.05) is 18.2 Å². The first-order valence-corrected chi connectivity index (χ1v) is 7.29. The minimum Gasteiger partial charge on any atom is -0.477 e. The number of hydrogen-bond donors (Lipinski definition) is 2. The number of rotatable bonds is 5. The second kappa shape index (κ2) is 7.10. The Kier molecular flexibility index (Phi) is 5.19. The summed E-state index contributed by atoms with van der Waals surface area (Å²) in [5.74, 6) is -1.13. The lowest BCUT2D eigenvalue weighted by Crippen LogP contribution is -2.14. The summed E-state index contributed by atoms with van der Waals surface area (Å²) in [6.45, 7) is 0. The van der Waals surface area contributed by atoms with Crippen LogP contribution in [0.4, 0.5) is 5.69 Å². The average Bonchev–Trinajstić information content (AvgIpc) is 2.47. The fourth-order valence-corrected chi connectivity index (χ4v) is 2.54. The third-order valence-corrected chi connectivity index (χ3v) is 3.98. The maximum Gasteiger partial charge on any atom is 0.354 e. The zero-order chi connectivity index (χ0) is 15.2. The predicted molar refractivity (Wildman–Crippen MR) is 82.0 cm³/mol. The number of carbonyl (C=O) groups excluding carboxylic acids is 1. The maximum atomic E-state index is 11.8. The van der Waals surface area contributed by atoms with Crippen LogP contribution < -0.4 is 5.32 Å². The van der Waals surface area contributed by atoms with E-state index in [0.29, 0.717) is 10.7 Å². The number of carbonyl (C=O) groups is 2. The van der Waals surface area contributed by atoms with Gasteiger partial charge in [-0.1, -0.05) is 23.7 Å². The van der Waals surface area contributed by atoms with Crippen molar-refractivity contribution in [2.75, 3.05) is 11.1 Å². The normalized spacial score (nSPS) is 10.1. The molecule has 2 aromatic rings. The molecule has 7 heteroatoms. The van der Waals surface area contributed by atoms with Gasteiger partial charge in [-0.2, -0.15) is 0 Å². The topological polar surface area (TPSA) is 79.3 Å². The zero-order valence-electron chi connectivity index (χ0n) is 10.7. The number of carboxylic acid groups (broad SMARTS) is 1. The van der Waals surface area contributed by atoms with E-state index in [9.17, 15) is 9.59 Å². The largest absolute Gasteiger partial charge is 0.477 e. The summed E-state index contributed by atoms with van der Waals surface area (Å²) in [6, 6.07) is 10.1. The average molecular weight is 323 g/mol. The number of carboxylic acids is 1. The van der Waals surface area contributed by atoms with Gasteiger partial charge < -0.3 is 10.4 Å². The molecule has 0 spiro atoms. The number of aromatic carboxylic acids is 1. The van der Waals surface area contributed by atoms with E-state index in [4.69, 9.17) is 16.7 Å². The first-order chi connectivity index (χ1) is 10.1. The highest BCUT2D eigenvalue weighted by molar-refractivity contribution is 8.00. The van der Waals surface area contributed by atoms with Crippen molar-refractivity contribution in [1.29, 1.82) is 0 Å². The molecule has 0 aliphatic carbocycles. The number of nitrogens with one attached hydrogen (secondary N) is 1. The molecule has 1 aromatic heterocycles. The van der Waals surface area contributed by atoms with Crippen LogP contribution in [0.15, 0.2) is 47.5 Å². The summed E-state index contributed by atoms with van der Waals surface area (Å²) < 4.78 is 0. The molecule has 0 aliphatic heterocycles. The Morgan fingerprint density at radius 3 is 2.62 bits per heavy atom. The Hall–Kier alpha value is -2.05. The van der Waals surface area contributed by atoms with E-state index in [2.05, 4.69) is 10.3 Å². The molecule has 0 aliphatic rings. The molecule has 0 saturated heterocycles. The summed E-state index contributed by atoms with van der Waals surface area (Å²) in [5.41, 5.74) is 0.378. The molecule has 108 valence electrons. The quantitative estimate of drug-likeness (QED) is 0.827. The molecule has 21 heavy (non-hydrogen) atoms. The fourth-order valence-electron chi connectivity index (χ4n) is 1.50. The van der Waals surface area contributed by atoms with Crippen molar-refractivity contribution in [1.82, 2.24) is 4.98 Å². The monoisotopic (exact) mass is 322 g/mol. The smallest absolute Gasteiger partial charge is 0.354 e. The molecule has 0 atom stereocenters. The third-order valence-electron chi connectivity index (χ3n) is 2.46. The Morgan fingerprint density at radius 1 is 1.24 bits per heavy atom. The molecule has 0 unspecified atom stereocenters. The number of pyridine rings is 1. The molecule has 0 radical (unpaired) electrons.